The van der Waals surface area contributed by atoms with E-state index in [-0.39, 0.29) is 18.1 Å². The molecule has 1 heterocycles. The number of fused-ring (bicyclic) bond motifs is 1. The van der Waals surface area contributed by atoms with Gasteiger partial charge in [0.2, 0.25) is 5.91 Å². The minimum absolute atomic E-state index is 0.0176. The second-order valence-corrected chi connectivity index (χ2v) is 6.31. The van der Waals surface area contributed by atoms with Gasteiger partial charge in [0, 0.05) is 25.7 Å². The van der Waals surface area contributed by atoms with E-state index in [1.165, 1.54) is 11.1 Å². The summed E-state index contributed by atoms with van der Waals surface area (Å²) in [6.07, 6.45) is 1.51. The number of aliphatic hydroxyl groups excluding tert-OH is 1. The summed E-state index contributed by atoms with van der Waals surface area (Å²) in [5, 5.41) is 15.9. The molecule has 0 bridgehead atoms. The van der Waals surface area contributed by atoms with Gasteiger partial charge in [-0.2, -0.15) is 0 Å². The van der Waals surface area contributed by atoms with Gasteiger partial charge in [-0.3, -0.25) is 4.79 Å². The number of benzene rings is 1. The fourth-order valence-corrected chi connectivity index (χ4v) is 3.36. The van der Waals surface area contributed by atoms with Crippen molar-refractivity contribution in [3.05, 3.63) is 35.4 Å². The van der Waals surface area contributed by atoms with Crippen molar-refractivity contribution in [3.63, 3.8) is 0 Å². The van der Waals surface area contributed by atoms with Gasteiger partial charge >= 0.3 is 0 Å². The zero-order valence-electron chi connectivity index (χ0n) is 12.1. The van der Waals surface area contributed by atoms with E-state index in [1.807, 2.05) is 0 Å². The second kappa shape index (κ2) is 5.75. The van der Waals surface area contributed by atoms with Crippen molar-refractivity contribution in [2.75, 3.05) is 13.1 Å². The Labute approximate surface area is 124 Å². The molecule has 21 heavy (non-hydrogen) atoms. The van der Waals surface area contributed by atoms with Crippen molar-refractivity contribution in [1.82, 2.24) is 10.6 Å². The van der Waals surface area contributed by atoms with Crippen LogP contribution in [-0.4, -0.2) is 36.2 Å². The number of carbonyl (C=O) groups is 1. The van der Waals surface area contributed by atoms with Gasteiger partial charge in [-0.25, -0.2) is 0 Å². The van der Waals surface area contributed by atoms with Gasteiger partial charge in [-0.05, 0) is 30.4 Å². The van der Waals surface area contributed by atoms with Gasteiger partial charge in [0.1, 0.15) is 0 Å². The lowest BCUT2D eigenvalue weighted by atomic mass is 9.66. The summed E-state index contributed by atoms with van der Waals surface area (Å²) >= 11 is 0. The molecule has 5 N–H and O–H groups in total. The third kappa shape index (κ3) is 2.81. The largest absolute Gasteiger partial charge is 0.393 e. The van der Waals surface area contributed by atoms with Crippen LogP contribution in [0.3, 0.4) is 0 Å². The summed E-state index contributed by atoms with van der Waals surface area (Å²) in [5.41, 5.74) is 7.85. The van der Waals surface area contributed by atoms with Crippen LogP contribution in [0.15, 0.2) is 24.3 Å². The highest BCUT2D eigenvalue weighted by atomic mass is 16.3. The Morgan fingerprint density at radius 3 is 2.76 bits per heavy atom. The Balaban J connectivity index is 1.53. The van der Waals surface area contributed by atoms with E-state index in [0.29, 0.717) is 25.9 Å². The lowest BCUT2D eigenvalue weighted by molar-refractivity contribution is -0.143. The Morgan fingerprint density at radius 1 is 1.38 bits per heavy atom. The fourth-order valence-electron chi connectivity index (χ4n) is 3.36. The molecule has 0 radical (unpaired) electrons. The average Bonchev–Trinajstić information content (AvgIpc) is 2.49. The number of nitrogens with one attached hydrogen (secondary N) is 2. The Bertz CT molecular complexity index is 526. The van der Waals surface area contributed by atoms with E-state index in [9.17, 15) is 9.90 Å². The summed E-state index contributed by atoms with van der Waals surface area (Å²) in [4.78, 5) is 12.3. The quantitative estimate of drug-likeness (QED) is 0.624. The SMILES string of the molecule is NCC1(C(=O)NCC2Cc3ccccc3CN2)CC(O)C1. The third-order valence-corrected chi connectivity index (χ3v) is 4.80. The summed E-state index contributed by atoms with van der Waals surface area (Å²) in [5.74, 6) is -0.0176. The number of rotatable bonds is 4. The van der Waals surface area contributed by atoms with E-state index >= 15 is 0 Å². The third-order valence-electron chi connectivity index (χ3n) is 4.80. The second-order valence-electron chi connectivity index (χ2n) is 6.31. The molecule has 114 valence electrons. The highest BCUT2D eigenvalue weighted by Crippen LogP contribution is 2.40. The van der Waals surface area contributed by atoms with Gasteiger partial charge < -0.3 is 21.5 Å². The van der Waals surface area contributed by atoms with E-state index in [1.54, 1.807) is 0 Å². The molecule has 3 rings (SSSR count). The monoisotopic (exact) mass is 289 g/mol. The van der Waals surface area contributed by atoms with Crippen LogP contribution in [0.25, 0.3) is 0 Å². The number of nitrogens with two attached hydrogens (primary N) is 1. The van der Waals surface area contributed by atoms with E-state index < -0.39 is 5.41 Å². The van der Waals surface area contributed by atoms with Crippen molar-refractivity contribution in [3.8, 4) is 0 Å². The highest BCUT2D eigenvalue weighted by molar-refractivity contribution is 5.84. The molecule has 5 heteroatoms. The number of aliphatic hydroxyl groups is 1. The molecule has 0 spiro atoms. The molecular weight excluding hydrogens is 266 g/mol. The van der Waals surface area contributed by atoms with Crippen molar-refractivity contribution in [1.29, 1.82) is 0 Å². The van der Waals surface area contributed by atoms with Crippen molar-refractivity contribution in [2.45, 2.75) is 38.0 Å². The molecule has 1 amide bonds. The maximum atomic E-state index is 12.3. The van der Waals surface area contributed by atoms with Gasteiger partial charge in [-0.15, -0.1) is 0 Å². The first-order valence-electron chi connectivity index (χ1n) is 7.59. The molecule has 1 atom stereocenters. The Morgan fingerprint density at radius 2 is 2.10 bits per heavy atom. The van der Waals surface area contributed by atoms with Crippen LogP contribution in [0.1, 0.15) is 24.0 Å². The van der Waals surface area contributed by atoms with Gasteiger partial charge in [-0.1, -0.05) is 24.3 Å². The lowest BCUT2D eigenvalue weighted by Crippen LogP contribution is -2.57. The molecular formula is C16H23N3O2. The molecule has 0 saturated heterocycles. The molecule has 0 aromatic heterocycles. The molecule has 1 aromatic rings. The number of hydrogen-bond donors (Lipinski definition) is 4. The predicted molar refractivity (Wildman–Crippen MR) is 80.5 cm³/mol. The van der Waals surface area contributed by atoms with Crippen molar-refractivity contribution >= 4 is 5.91 Å². The smallest absolute Gasteiger partial charge is 0.227 e. The summed E-state index contributed by atoms with van der Waals surface area (Å²) in [7, 11) is 0. The van der Waals surface area contributed by atoms with Crippen LogP contribution in [0.4, 0.5) is 0 Å². The first-order valence-corrected chi connectivity index (χ1v) is 7.59. The first-order chi connectivity index (χ1) is 10.1. The summed E-state index contributed by atoms with van der Waals surface area (Å²) in [6, 6.07) is 8.64. The topological polar surface area (TPSA) is 87.4 Å². The average molecular weight is 289 g/mol. The van der Waals surface area contributed by atoms with Gasteiger partial charge in [0.05, 0.1) is 11.5 Å². The van der Waals surface area contributed by atoms with Crippen molar-refractivity contribution in [2.24, 2.45) is 11.1 Å². The van der Waals surface area contributed by atoms with Crippen LogP contribution in [-0.2, 0) is 17.8 Å². The molecule has 2 aliphatic rings. The number of amides is 1. The van der Waals surface area contributed by atoms with Crippen molar-refractivity contribution < 1.29 is 9.90 Å². The maximum Gasteiger partial charge on any atom is 0.227 e. The van der Waals surface area contributed by atoms with Gasteiger partial charge in [0.25, 0.3) is 0 Å². The summed E-state index contributed by atoms with van der Waals surface area (Å²) < 4.78 is 0. The Hall–Kier alpha value is -1.43. The van der Waals surface area contributed by atoms with Crippen LogP contribution in [0.5, 0.6) is 0 Å². The Kier molecular flexibility index (Phi) is 3.97. The van der Waals surface area contributed by atoms with Crippen LogP contribution in [0.2, 0.25) is 0 Å². The minimum atomic E-state index is -0.550. The highest BCUT2D eigenvalue weighted by Gasteiger charge is 2.48. The normalized spacial score (nSPS) is 31.1. The zero-order valence-corrected chi connectivity index (χ0v) is 12.1. The number of carbonyl (C=O) groups excluding carboxylic acids is 1. The van der Waals surface area contributed by atoms with E-state index in [0.717, 1.165) is 13.0 Å². The minimum Gasteiger partial charge on any atom is -0.393 e. The van der Waals surface area contributed by atoms with Crippen LogP contribution in [0, 0.1) is 5.41 Å². The molecule has 1 fully saturated rings. The molecule has 1 aliphatic heterocycles. The standard InChI is InChI=1S/C16H23N3O2/c17-10-16(6-14(20)7-16)15(21)19-9-13-5-11-3-1-2-4-12(11)8-18-13/h1-4,13-14,18,20H,5-10,17H2,(H,19,21). The fraction of sp³-hybridized carbons (Fsp3) is 0.562. The molecule has 1 aliphatic carbocycles. The lowest BCUT2D eigenvalue weighted by Gasteiger charge is -2.43. The molecule has 1 unspecified atom stereocenters. The van der Waals surface area contributed by atoms with E-state index in [4.69, 9.17) is 5.73 Å². The maximum absolute atomic E-state index is 12.3. The van der Waals surface area contributed by atoms with Crippen LogP contribution < -0.4 is 16.4 Å². The number of hydrogen-bond acceptors (Lipinski definition) is 4. The zero-order chi connectivity index (χ0) is 14.9. The summed E-state index contributed by atoms with van der Waals surface area (Å²) in [6.45, 7) is 1.75. The molecule has 1 saturated carbocycles. The van der Waals surface area contributed by atoms with E-state index in [2.05, 4.69) is 34.9 Å². The first kappa shape index (κ1) is 14.5. The molecule has 1 aromatic carbocycles. The predicted octanol–water partition coefficient (Wildman–Crippen LogP) is -0.0831. The van der Waals surface area contributed by atoms with Gasteiger partial charge in [0.15, 0.2) is 0 Å². The molecule has 5 nitrogen and oxygen atoms in total. The van der Waals surface area contributed by atoms with Crippen LogP contribution >= 0.6 is 0 Å².